The Balaban J connectivity index is 2.64. The molecule has 0 radical (unpaired) electrons. The van der Waals surface area contributed by atoms with Gasteiger partial charge in [0.15, 0.2) is 0 Å². The molecule has 1 atom stereocenters. The van der Waals surface area contributed by atoms with E-state index in [1.54, 1.807) is 12.1 Å². The molecule has 0 spiro atoms. The molecule has 0 fully saturated rings. The smallest absolute Gasteiger partial charge is 0.126 e. The van der Waals surface area contributed by atoms with Gasteiger partial charge in [-0.05, 0) is 36.1 Å². The van der Waals surface area contributed by atoms with Gasteiger partial charge in [-0.15, -0.1) is 0 Å². The quantitative estimate of drug-likeness (QED) is 0.711. The molecule has 0 aliphatic heterocycles. The minimum Gasteiger partial charge on any atom is -0.316 e. The van der Waals surface area contributed by atoms with E-state index in [0.29, 0.717) is 0 Å². The number of likely N-dealkylation sites (N-methyl/N-ethyl adjacent to an activating group) is 1. The topological polar surface area (TPSA) is 12.0 Å². The minimum atomic E-state index is -0.0723. The molecule has 1 aromatic carbocycles. The molecule has 17 heavy (non-hydrogen) atoms. The molecular weight excluding hydrogens is 233 g/mol. The van der Waals surface area contributed by atoms with Crippen molar-refractivity contribution < 1.29 is 4.39 Å². The molecule has 1 rings (SSSR count). The summed E-state index contributed by atoms with van der Waals surface area (Å²) in [5.74, 6) is 2.44. The van der Waals surface area contributed by atoms with Crippen LogP contribution in [0.15, 0.2) is 24.3 Å². The van der Waals surface area contributed by atoms with Crippen LogP contribution in [0.3, 0.4) is 0 Å². The van der Waals surface area contributed by atoms with Crippen LogP contribution >= 0.6 is 11.8 Å². The van der Waals surface area contributed by atoms with E-state index in [1.807, 2.05) is 23.9 Å². The highest BCUT2D eigenvalue weighted by molar-refractivity contribution is 7.99. The summed E-state index contributed by atoms with van der Waals surface area (Å²) in [7, 11) is 0. The maximum atomic E-state index is 13.7. The Morgan fingerprint density at radius 1 is 1.29 bits per heavy atom. The number of thioether (sulfide) groups is 1. The van der Waals surface area contributed by atoms with Gasteiger partial charge in [-0.3, -0.25) is 0 Å². The van der Waals surface area contributed by atoms with Gasteiger partial charge in [0.05, 0.1) is 0 Å². The highest BCUT2D eigenvalue weighted by Crippen LogP contribution is 2.23. The highest BCUT2D eigenvalue weighted by atomic mass is 32.2. The Morgan fingerprint density at radius 3 is 2.71 bits per heavy atom. The van der Waals surface area contributed by atoms with Gasteiger partial charge >= 0.3 is 0 Å². The van der Waals surface area contributed by atoms with Crippen LogP contribution in [0.2, 0.25) is 0 Å². The monoisotopic (exact) mass is 255 g/mol. The molecule has 3 heteroatoms. The van der Waals surface area contributed by atoms with Gasteiger partial charge in [-0.1, -0.05) is 32.0 Å². The zero-order valence-corrected chi connectivity index (χ0v) is 11.5. The highest BCUT2D eigenvalue weighted by Gasteiger charge is 2.14. The Hall–Kier alpha value is -0.540. The molecule has 1 nitrogen and oxygen atoms in total. The first-order chi connectivity index (χ1) is 8.29. The predicted octanol–water partition coefficient (Wildman–Crippen LogP) is 3.66. The second kappa shape index (κ2) is 8.54. The van der Waals surface area contributed by atoms with Crippen LogP contribution in [-0.4, -0.2) is 24.6 Å². The summed E-state index contributed by atoms with van der Waals surface area (Å²) in [4.78, 5) is 0. The third-order valence-corrected chi connectivity index (χ3v) is 3.73. The fourth-order valence-electron chi connectivity index (χ4n) is 1.86. The summed E-state index contributed by atoms with van der Waals surface area (Å²) < 4.78 is 13.7. The molecule has 96 valence electrons. The lowest BCUT2D eigenvalue weighted by Crippen LogP contribution is -2.22. The number of hydrogen-bond donors (Lipinski definition) is 1. The third kappa shape index (κ3) is 5.09. The molecule has 0 bridgehead atoms. The summed E-state index contributed by atoms with van der Waals surface area (Å²) in [5.41, 5.74) is 0.852. The predicted molar refractivity (Wildman–Crippen MR) is 75.3 cm³/mol. The van der Waals surface area contributed by atoms with Gasteiger partial charge < -0.3 is 5.32 Å². The molecule has 1 aromatic rings. The number of halogens is 1. The largest absolute Gasteiger partial charge is 0.316 e. The molecule has 1 N–H and O–H groups in total. The molecule has 0 heterocycles. The number of nitrogens with one attached hydrogen (secondary N) is 1. The van der Waals surface area contributed by atoms with Crippen molar-refractivity contribution in [3.63, 3.8) is 0 Å². The zero-order chi connectivity index (χ0) is 12.5. The fourth-order valence-corrected chi connectivity index (χ4v) is 2.60. The lowest BCUT2D eigenvalue weighted by atomic mass is 9.96. The average Bonchev–Trinajstić information content (AvgIpc) is 2.35. The van der Waals surface area contributed by atoms with Crippen LogP contribution in [-0.2, 0) is 0 Å². The Kier molecular flexibility index (Phi) is 7.29. The second-order valence-corrected chi connectivity index (χ2v) is 5.41. The van der Waals surface area contributed by atoms with Crippen molar-refractivity contribution in [2.75, 3.05) is 24.6 Å². The number of benzene rings is 1. The first kappa shape index (κ1) is 14.5. The van der Waals surface area contributed by atoms with Crippen molar-refractivity contribution in [1.82, 2.24) is 5.32 Å². The van der Waals surface area contributed by atoms with Crippen molar-refractivity contribution in [3.8, 4) is 0 Å². The summed E-state index contributed by atoms with van der Waals surface area (Å²) in [6, 6.07) is 7.14. The Labute approximate surface area is 108 Å². The first-order valence-corrected chi connectivity index (χ1v) is 7.47. The van der Waals surface area contributed by atoms with E-state index in [0.717, 1.165) is 36.6 Å². The Morgan fingerprint density at radius 2 is 2.06 bits per heavy atom. The molecule has 0 amide bonds. The molecule has 0 aromatic heterocycles. The SMILES string of the molecule is CCNCC(CCSCC)c1ccccc1F. The first-order valence-electron chi connectivity index (χ1n) is 6.32. The fraction of sp³-hybridized carbons (Fsp3) is 0.571. The lowest BCUT2D eigenvalue weighted by Gasteiger charge is -2.18. The van der Waals surface area contributed by atoms with E-state index in [4.69, 9.17) is 0 Å². The number of rotatable bonds is 8. The molecule has 0 aliphatic rings. The van der Waals surface area contributed by atoms with Crippen molar-refractivity contribution in [1.29, 1.82) is 0 Å². The third-order valence-electron chi connectivity index (χ3n) is 2.80. The van der Waals surface area contributed by atoms with E-state index in [-0.39, 0.29) is 11.7 Å². The van der Waals surface area contributed by atoms with Crippen LogP contribution in [0.25, 0.3) is 0 Å². The maximum absolute atomic E-state index is 13.7. The summed E-state index contributed by atoms with van der Waals surface area (Å²) in [6.07, 6.45) is 1.03. The van der Waals surface area contributed by atoms with Crippen molar-refractivity contribution in [3.05, 3.63) is 35.6 Å². The molecular formula is C14H22FNS. The van der Waals surface area contributed by atoms with Crippen molar-refractivity contribution >= 4 is 11.8 Å². The summed E-state index contributed by atoms with van der Waals surface area (Å²) in [6.45, 7) is 6.04. The summed E-state index contributed by atoms with van der Waals surface area (Å²) in [5, 5.41) is 3.33. The van der Waals surface area contributed by atoms with E-state index < -0.39 is 0 Å². The van der Waals surface area contributed by atoms with Gasteiger partial charge in [0.1, 0.15) is 5.82 Å². The minimum absolute atomic E-state index is 0.0723. The molecule has 0 saturated carbocycles. The van der Waals surface area contributed by atoms with Gasteiger partial charge in [0.25, 0.3) is 0 Å². The molecule has 1 unspecified atom stereocenters. The van der Waals surface area contributed by atoms with Crippen LogP contribution in [0.5, 0.6) is 0 Å². The van der Waals surface area contributed by atoms with E-state index in [9.17, 15) is 4.39 Å². The van der Waals surface area contributed by atoms with Gasteiger partial charge in [-0.25, -0.2) is 4.39 Å². The van der Waals surface area contributed by atoms with Gasteiger partial charge in [-0.2, -0.15) is 11.8 Å². The van der Waals surface area contributed by atoms with E-state index in [1.165, 1.54) is 0 Å². The lowest BCUT2D eigenvalue weighted by molar-refractivity contribution is 0.539. The van der Waals surface area contributed by atoms with Crippen LogP contribution in [0.1, 0.15) is 31.7 Å². The van der Waals surface area contributed by atoms with Crippen LogP contribution in [0.4, 0.5) is 4.39 Å². The average molecular weight is 255 g/mol. The number of hydrogen-bond acceptors (Lipinski definition) is 2. The second-order valence-electron chi connectivity index (χ2n) is 4.01. The molecule has 0 saturated heterocycles. The van der Waals surface area contributed by atoms with Crippen molar-refractivity contribution in [2.24, 2.45) is 0 Å². The van der Waals surface area contributed by atoms with Crippen LogP contribution < -0.4 is 5.32 Å². The zero-order valence-electron chi connectivity index (χ0n) is 10.7. The van der Waals surface area contributed by atoms with E-state index >= 15 is 0 Å². The van der Waals surface area contributed by atoms with E-state index in [2.05, 4.69) is 19.2 Å². The molecule has 0 aliphatic carbocycles. The van der Waals surface area contributed by atoms with Crippen LogP contribution in [0, 0.1) is 5.82 Å². The maximum Gasteiger partial charge on any atom is 0.126 e. The van der Waals surface area contributed by atoms with Gasteiger partial charge in [0, 0.05) is 12.5 Å². The van der Waals surface area contributed by atoms with Crippen molar-refractivity contribution in [2.45, 2.75) is 26.2 Å². The Bertz CT molecular complexity index is 317. The van der Waals surface area contributed by atoms with Gasteiger partial charge in [0.2, 0.25) is 0 Å². The normalized spacial score (nSPS) is 12.6. The standard InChI is InChI=1S/C14H22FNS/c1-3-16-11-12(9-10-17-4-2)13-7-5-6-8-14(13)15/h5-8,12,16H,3-4,9-11H2,1-2H3. The summed E-state index contributed by atoms with van der Waals surface area (Å²) >= 11 is 1.92.